The number of likely N-dealkylation sites (tertiary alicyclic amines) is 1. The Labute approximate surface area is 182 Å². The Kier molecular flexibility index (Phi) is 5.63. The zero-order valence-corrected chi connectivity index (χ0v) is 17.6. The molecule has 2 aliphatic carbocycles. The number of esters is 1. The first-order valence-corrected chi connectivity index (χ1v) is 10.4. The molecule has 1 aromatic carbocycles. The molecule has 1 heterocycles. The molecule has 1 aromatic rings. The van der Waals surface area contributed by atoms with Crippen LogP contribution in [0.1, 0.15) is 6.42 Å². The van der Waals surface area contributed by atoms with Gasteiger partial charge in [-0.2, -0.15) is 0 Å². The monoisotopic (exact) mass is 454 g/mol. The van der Waals surface area contributed by atoms with Crippen LogP contribution < -0.4 is 10.1 Å². The molecule has 2 bridgehead atoms. The van der Waals surface area contributed by atoms with Gasteiger partial charge in [-0.15, -0.1) is 23.2 Å². The molecular weight excluding hydrogens is 435 g/mol. The highest BCUT2D eigenvalue weighted by molar-refractivity contribution is 6.31. The van der Waals surface area contributed by atoms with Crippen LogP contribution in [0.5, 0.6) is 5.75 Å². The number of fused-ring (bicyclic) bond motifs is 5. The number of ether oxygens (including phenoxy) is 2. The van der Waals surface area contributed by atoms with Gasteiger partial charge in [-0.05, 0) is 42.5 Å². The van der Waals surface area contributed by atoms with Crippen LogP contribution in [-0.2, 0) is 23.9 Å². The molecule has 0 unspecified atom stereocenters. The minimum Gasteiger partial charge on any atom is -0.497 e. The lowest BCUT2D eigenvalue weighted by molar-refractivity contribution is -0.154. The van der Waals surface area contributed by atoms with Gasteiger partial charge in [0.25, 0.3) is 5.91 Å². The van der Waals surface area contributed by atoms with Gasteiger partial charge in [0, 0.05) is 5.69 Å². The van der Waals surface area contributed by atoms with Crippen LogP contribution in [0.2, 0.25) is 0 Å². The summed E-state index contributed by atoms with van der Waals surface area (Å²) in [5.41, 5.74) is 0.510. The molecule has 0 aromatic heterocycles. The number of halogens is 2. The molecule has 6 atom stereocenters. The number of methoxy groups -OCH3 is 1. The van der Waals surface area contributed by atoms with Gasteiger partial charge in [0.1, 0.15) is 12.3 Å². The Bertz CT molecular complexity index is 860. The third kappa shape index (κ3) is 3.52. The fourth-order valence-electron chi connectivity index (χ4n) is 4.76. The quantitative estimate of drug-likeness (QED) is 0.398. The van der Waals surface area contributed by atoms with Gasteiger partial charge in [-0.3, -0.25) is 24.1 Å². The van der Waals surface area contributed by atoms with Crippen molar-refractivity contribution in [3.63, 3.8) is 0 Å². The number of hydrogen-bond acceptors (Lipinski definition) is 6. The number of carbonyl (C=O) groups excluding carboxylic acids is 4. The van der Waals surface area contributed by atoms with E-state index in [0.29, 0.717) is 17.9 Å². The van der Waals surface area contributed by atoms with Crippen molar-refractivity contribution in [3.8, 4) is 5.75 Å². The van der Waals surface area contributed by atoms with Crippen LogP contribution in [0.15, 0.2) is 24.3 Å². The number of nitrogens with zero attached hydrogens (tertiary/aromatic N) is 1. The summed E-state index contributed by atoms with van der Waals surface area (Å²) in [4.78, 5) is 50.4. The third-order valence-electron chi connectivity index (χ3n) is 6.10. The van der Waals surface area contributed by atoms with Crippen molar-refractivity contribution in [2.75, 3.05) is 25.6 Å². The van der Waals surface area contributed by atoms with Crippen molar-refractivity contribution in [3.05, 3.63) is 24.3 Å². The second kappa shape index (κ2) is 8.07. The standard InChI is InChI=1S/C20H20Cl2N2O6/c1-29-10-4-2-9(3-5-10)23-13(25)8-30-14(26)7-24-19(27)15-11-6-12(16(15)20(24)28)18(22)17(11)21/h2-5,11-12,15-18H,6-8H2,1H3,(H,23,25)/t11-,12-,15-,16-,17+,18+/m1/s1. The molecule has 30 heavy (non-hydrogen) atoms. The normalized spacial score (nSPS) is 31.6. The largest absolute Gasteiger partial charge is 0.497 e. The van der Waals surface area contributed by atoms with Crippen molar-refractivity contribution in [1.29, 1.82) is 0 Å². The summed E-state index contributed by atoms with van der Waals surface area (Å²) in [6, 6.07) is 6.63. The summed E-state index contributed by atoms with van der Waals surface area (Å²) in [6.45, 7) is -1.06. The van der Waals surface area contributed by atoms with Crippen molar-refractivity contribution >= 4 is 52.6 Å². The molecule has 4 rings (SSSR count). The first kappa shape index (κ1) is 20.9. The molecule has 3 aliphatic rings. The number of alkyl halides is 2. The van der Waals surface area contributed by atoms with E-state index in [2.05, 4.69) is 5.32 Å². The lowest BCUT2D eigenvalue weighted by Crippen LogP contribution is -2.38. The number of nitrogens with one attached hydrogen (secondary N) is 1. The zero-order chi connectivity index (χ0) is 21.6. The van der Waals surface area contributed by atoms with Crippen molar-refractivity contribution in [1.82, 2.24) is 4.90 Å². The second-order valence-corrected chi connectivity index (χ2v) is 8.71. The number of anilines is 1. The predicted octanol–water partition coefficient (Wildman–Crippen LogP) is 1.64. The molecular formula is C20H20Cl2N2O6. The van der Waals surface area contributed by atoms with Crippen LogP contribution in [0.25, 0.3) is 0 Å². The minimum atomic E-state index is -0.834. The third-order valence-corrected chi connectivity index (χ3v) is 7.42. The maximum Gasteiger partial charge on any atom is 0.326 e. The molecule has 1 N–H and O–H groups in total. The molecule has 0 radical (unpaired) electrons. The van der Waals surface area contributed by atoms with Crippen molar-refractivity contribution in [2.24, 2.45) is 23.7 Å². The summed E-state index contributed by atoms with van der Waals surface area (Å²) in [6.07, 6.45) is 0.652. The maximum atomic E-state index is 12.7. The van der Waals surface area contributed by atoms with E-state index < -0.39 is 48.7 Å². The van der Waals surface area contributed by atoms with E-state index in [1.165, 1.54) is 7.11 Å². The topological polar surface area (TPSA) is 102 Å². The molecule has 3 amide bonds. The number of hydrogen-bond donors (Lipinski definition) is 1. The highest BCUT2D eigenvalue weighted by atomic mass is 35.5. The molecule has 160 valence electrons. The lowest BCUT2D eigenvalue weighted by atomic mass is 9.80. The van der Waals surface area contributed by atoms with E-state index in [0.717, 1.165) is 4.90 Å². The van der Waals surface area contributed by atoms with Crippen molar-refractivity contribution < 1.29 is 28.7 Å². The van der Waals surface area contributed by atoms with E-state index in [1.807, 2.05) is 0 Å². The van der Waals surface area contributed by atoms with Gasteiger partial charge < -0.3 is 14.8 Å². The van der Waals surface area contributed by atoms with Gasteiger partial charge in [0.15, 0.2) is 6.61 Å². The first-order chi connectivity index (χ1) is 14.3. The Balaban J connectivity index is 1.29. The summed E-state index contributed by atoms with van der Waals surface area (Å²) < 4.78 is 9.97. The second-order valence-electron chi connectivity index (χ2n) is 7.70. The maximum absolute atomic E-state index is 12.7. The minimum absolute atomic E-state index is 0.156. The van der Waals surface area contributed by atoms with Crippen LogP contribution in [0.4, 0.5) is 5.69 Å². The summed E-state index contributed by atoms with van der Waals surface area (Å²) in [5, 5.41) is 1.86. The van der Waals surface area contributed by atoms with Gasteiger partial charge >= 0.3 is 5.97 Å². The molecule has 2 saturated carbocycles. The molecule has 0 spiro atoms. The fourth-order valence-corrected chi connectivity index (χ4v) is 5.65. The highest BCUT2D eigenvalue weighted by Crippen LogP contribution is 2.59. The SMILES string of the molecule is COc1ccc(NC(=O)COC(=O)CN2C(=O)[C@@H]3[C@H]4C[C@@H]([C@H](Cl)[C@H]4Cl)[C@H]3C2=O)cc1. The van der Waals surface area contributed by atoms with E-state index in [4.69, 9.17) is 32.7 Å². The number of rotatable bonds is 6. The number of amides is 3. The Morgan fingerprint density at radius 3 is 2.17 bits per heavy atom. The van der Waals surface area contributed by atoms with E-state index >= 15 is 0 Å². The van der Waals surface area contributed by atoms with Crippen molar-refractivity contribution in [2.45, 2.75) is 17.2 Å². The van der Waals surface area contributed by atoms with Gasteiger partial charge in [0.05, 0.1) is 29.7 Å². The van der Waals surface area contributed by atoms with Gasteiger partial charge in [-0.1, -0.05) is 0 Å². The molecule has 1 saturated heterocycles. The Morgan fingerprint density at radius 2 is 1.63 bits per heavy atom. The van der Waals surface area contributed by atoms with Crippen LogP contribution >= 0.6 is 23.2 Å². The van der Waals surface area contributed by atoms with Crippen LogP contribution in [0, 0.1) is 23.7 Å². The highest BCUT2D eigenvalue weighted by Gasteiger charge is 2.66. The summed E-state index contributed by atoms with van der Waals surface area (Å²) >= 11 is 12.6. The van der Waals surface area contributed by atoms with Gasteiger partial charge in [0.2, 0.25) is 11.8 Å². The summed E-state index contributed by atoms with van der Waals surface area (Å²) in [5.74, 6) is -2.92. The van der Waals surface area contributed by atoms with E-state index in [1.54, 1.807) is 24.3 Å². The molecule has 3 fully saturated rings. The van der Waals surface area contributed by atoms with Crippen LogP contribution in [0.3, 0.4) is 0 Å². The molecule has 10 heteroatoms. The lowest BCUT2D eigenvalue weighted by Gasteiger charge is -2.28. The van der Waals surface area contributed by atoms with E-state index in [9.17, 15) is 19.2 Å². The number of imide groups is 1. The average Bonchev–Trinajstić information content (AvgIpc) is 3.34. The van der Waals surface area contributed by atoms with E-state index in [-0.39, 0.29) is 22.6 Å². The average molecular weight is 455 g/mol. The van der Waals surface area contributed by atoms with Gasteiger partial charge in [-0.25, -0.2) is 0 Å². The molecule has 8 nitrogen and oxygen atoms in total. The number of benzene rings is 1. The van der Waals surface area contributed by atoms with Crippen LogP contribution in [-0.4, -0.2) is 59.6 Å². The Morgan fingerprint density at radius 1 is 1.07 bits per heavy atom. The predicted molar refractivity (Wildman–Crippen MR) is 107 cm³/mol. The first-order valence-electron chi connectivity index (χ1n) is 9.54. The Hall–Kier alpha value is -2.32. The zero-order valence-electron chi connectivity index (χ0n) is 16.0. The summed E-state index contributed by atoms with van der Waals surface area (Å²) in [7, 11) is 1.53. The molecule has 1 aliphatic heterocycles. The number of carbonyl (C=O) groups is 4. The smallest absolute Gasteiger partial charge is 0.326 e. The fraction of sp³-hybridized carbons (Fsp3) is 0.500.